The molecule has 0 aliphatic heterocycles. The number of para-hydroxylation sites is 1. The van der Waals surface area contributed by atoms with E-state index in [0.29, 0.717) is 21.1 Å². The molecule has 94 valence electrons. The van der Waals surface area contributed by atoms with Crippen LogP contribution in [0.5, 0.6) is 11.5 Å². The van der Waals surface area contributed by atoms with E-state index in [4.69, 9.17) is 4.74 Å². The summed E-state index contributed by atoms with van der Waals surface area (Å²) in [5.74, 6) is -1.48. The van der Waals surface area contributed by atoms with Gasteiger partial charge in [-0.1, -0.05) is 28.1 Å². The number of hydrogen-bond acceptors (Lipinski definition) is 1. The molecule has 0 saturated heterocycles. The third-order valence-electron chi connectivity index (χ3n) is 2.26. The minimum absolute atomic E-state index is 0.363. The van der Waals surface area contributed by atoms with Crippen molar-refractivity contribution in [3.05, 3.63) is 58.1 Å². The Labute approximate surface area is 120 Å². The predicted octanol–water partition coefficient (Wildman–Crippen LogP) is 5.41. The molecule has 0 heterocycles. The molecular formula is C13H8Br2F2O. The summed E-state index contributed by atoms with van der Waals surface area (Å²) in [6.45, 7) is 0. The lowest BCUT2D eigenvalue weighted by Gasteiger charge is -2.10. The predicted molar refractivity (Wildman–Crippen MR) is 73.2 cm³/mol. The fraction of sp³-hybridized carbons (Fsp3) is 0.0769. The van der Waals surface area contributed by atoms with Gasteiger partial charge >= 0.3 is 0 Å². The van der Waals surface area contributed by atoms with Crippen LogP contribution in [0, 0.1) is 11.6 Å². The Hall–Kier alpha value is -0.940. The fourth-order valence-corrected chi connectivity index (χ4v) is 2.11. The van der Waals surface area contributed by atoms with Crippen LogP contribution in [-0.4, -0.2) is 0 Å². The Morgan fingerprint density at radius 3 is 2.22 bits per heavy atom. The van der Waals surface area contributed by atoms with Crippen LogP contribution in [-0.2, 0) is 5.33 Å². The van der Waals surface area contributed by atoms with E-state index < -0.39 is 17.4 Å². The summed E-state index contributed by atoms with van der Waals surface area (Å²) in [4.78, 5) is 0. The topological polar surface area (TPSA) is 9.23 Å². The molecule has 0 radical (unpaired) electrons. The molecule has 2 rings (SSSR count). The smallest absolute Gasteiger partial charge is 0.198 e. The molecule has 0 aromatic heterocycles. The zero-order valence-corrected chi connectivity index (χ0v) is 12.3. The Morgan fingerprint density at radius 1 is 1.06 bits per heavy atom. The molecule has 0 spiro atoms. The van der Waals surface area contributed by atoms with Gasteiger partial charge in [0.05, 0.1) is 4.47 Å². The van der Waals surface area contributed by atoms with Gasteiger partial charge in [-0.2, -0.15) is 0 Å². The first kappa shape index (κ1) is 13.5. The molecule has 0 aliphatic rings. The van der Waals surface area contributed by atoms with Crippen molar-refractivity contribution in [3.63, 3.8) is 0 Å². The average molecular weight is 378 g/mol. The first-order valence-electron chi connectivity index (χ1n) is 5.08. The maximum absolute atomic E-state index is 13.7. The minimum Gasteiger partial charge on any atom is -0.450 e. The van der Waals surface area contributed by atoms with Crippen molar-refractivity contribution in [1.29, 1.82) is 0 Å². The number of rotatable bonds is 3. The van der Waals surface area contributed by atoms with E-state index in [1.165, 1.54) is 12.1 Å². The van der Waals surface area contributed by atoms with Crippen molar-refractivity contribution < 1.29 is 13.5 Å². The minimum atomic E-state index is -0.722. The molecular weight excluding hydrogens is 370 g/mol. The summed E-state index contributed by atoms with van der Waals surface area (Å²) in [7, 11) is 0. The van der Waals surface area contributed by atoms with Gasteiger partial charge in [-0.15, -0.1) is 0 Å². The summed E-state index contributed by atoms with van der Waals surface area (Å²) in [5.41, 5.74) is 0.518. The van der Waals surface area contributed by atoms with Gasteiger partial charge in [-0.3, -0.25) is 0 Å². The van der Waals surface area contributed by atoms with Crippen molar-refractivity contribution in [2.45, 2.75) is 5.33 Å². The second kappa shape index (κ2) is 5.80. The molecule has 18 heavy (non-hydrogen) atoms. The lowest BCUT2D eigenvalue weighted by atomic mass is 10.2. The van der Waals surface area contributed by atoms with Gasteiger partial charge in [0.1, 0.15) is 5.75 Å². The molecule has 2 aromatic rings. The highest BCUT2D eigenvalue weighted by Crippen LogP contribution is 2.33. The maximum Gasteiger partial charge on any atom is 0.198 e. The molecule has 0 bridgehead atoms. The zero-order valence-electron chi connectivity index (χ0n) is 9.09. The van der Waals surface area contributed by atoms with Gasteiger partial charge in [0.2, 0.25) is 0 Å². The first-order chi connectivity index (χ1) is 8.61. The zero-order chi connectivity index (χ0) is 13.1. The second-order valence-electron chi connectivity index (χ2n) is 3.55. The Balaban J connectivity index is 2.38. The lowest BCUT2D eigenvalue weighted by molar-refractivity contribution is 0.405. The summed E-state index contributed by atoms with van der Waals surface area (Å²) in [5, 5.41) is 0.385. The number of alkyl halides is 1. The van der Waals surface area contributed by atoms with Crippen LogP contribution in [0.15, 0.2) is 40.9 Å². The fourth-order valence-electron chi connectivity index (χ4n) is 1.42. The van der Waals surface area contributed by atoms with Crippen LogP contribution in [0.4, 0.5) is 8.78 Å². The highest BCUT2D eigenvalue weighted by molar-refractivity contribution is 9.10. The maximum atomic E-state index is 13.7. The van der Waals surface area contributed by atoms with Gasteiger partial charge < -0.3 is 4.74 Å². The Bertz CT molecular complexity index is 550. The third-order valence-corrected chi connectivity index (χ3v) is 3.56. The largest absolute Gasteiger partial charge is 0.450 e. The van der Waals surface area contributed by atoms with Crippen LogP contribution in [0.25, 0.3) is 0 Å². The first-order valence-corrected chi connectivity index (χ1v) is 6.99. The number of halogens is 4. The highest BCUT2D eigenvalue weighted by Gasteiger charge is 2.14. The van der Waals surface area contributed by atoms with Gasteiger partial charge in [0, 0.05) is 5.33 Å². The molecule has 1 nitrogen and oxygen atoms in total. The van der Waals surface area contributed by atoms with E-state index in [1.54, 1.807) is 24.3 Å². The van der Waals surface area contributed by atoms with E-state index >= 15 is 0 Å². The van der Waals surface area contributed by atoms with Crippen molar-refractivity contribution in [3.8, 4) is 11.5 Å². The summed E-state index contributed by atoms with van der Waals surface area (Å²) >= 11 is 6.40. The molecule has 0 N–H and O–H groups in total. The molecule has 5 heteroatoms. The van der Waals surface area contributed by atoms with Gasteiger partial charge in [-0.05, 0) is 45.8 Å². The normalized spacial score (nSPS) is 10.4. The molecule has 0 saturated carbocycles. The quantitative estimate of drug-likeness (QED) is 0.649. The molecule has 0 amide bonds. The lowest BCUT2D eigenvalue weighted by Crippen LogP contribution is -1.95. The number of hydrogen-bond donors (Lipinski definition) is 0. The van der Waals surface area contributed by atoms with Crippen molar-refractivity contribution in [2.75, 3.05) is 0 Å². The molecule has 2 aromatic carbocycles. The monoisotopic (exact) mass is 376 g/mol. The van der Waals surface area contributed by atoms with Crippen LogP contribution in [0.3, 0.4) is 0 Å². The Kier molecular flexibility index (Phi) is 4.35. The van der Waals surface area contributed by atoms with E-state index in [0.717, 1.165) is 0 Å². The molecule has 0 atom stereocenters. The molecule has 0 aliphatic carbocycles. The molecule has 0 unspecified atom stereocenters. The van der Waals surface area contributed by atoms with Crippen LogP contribution in [0.1, 0.15) is 5.56 Å². The highest BCUT2D eigenvalue weighted by atomic mass is 79.9. The van der Waals surface area contributed by atoms with Crippen molar-refractivity contribution in [1.82, 2.24) is 0 Å². The van der Waals surface area contributed by atoms with Gasteiger partial charge in [0.15, 0.2) is 17.4 Å². The van der Waals surface area contributed by atoms with Crippen molar-refractivity contribution in [2.24, 2.45) is 0 Å². The van der Waals surface area contributed by atoms with Crippen LogP contribution >= 0.6 is 31.9 Å². The van der Waals surface area contributed by atoms with E-state index in [1.807, 2.05) is 0 Å². The van der Waals surface area contributed by atoms with Gasteiger partial charge in [-0.25, -0.2) is 8.78 Å². The second-order valence-corrected chi connectivity index (χ2v) is 4.97. The van der Waals surface area contributed by atoms with Gasteiger partial charge in [0.25, 0.3) is 0 Å². The average Bonchev–Trinajstić information content (AvgIpc) is 2.35. The van der Waals surface area contributed by atoms with E-state index in [2.05, 4.69) is 31.9 Å². The van der Waals surface area contributed by atoms with E-state index in [9.17, 15) is 8.78 Å². The molecule has 0 fully saturated rings. The summed E-state index contributed by atoms with van der Waals surface area (Å²) < 4.78 is 33.3. The SMILES string of the molecule is Fc1cc(CBr)cc(F)c1Oc1ccccc1Br. The van der Waals surface area contributed by atoms with Crippen molar-refractivity contribution >= 4 is 31.9 Å². The van der Waals surface area contributed by atoms with E-state index in [-0.39, 0.29) is 0 Å². The summed E-state index contributed by atoms with van der Waals surface area (Å²) in [6.07, 6.45) is 0. The number of ether oxygens (including phenoxy) is 1. The third kappa shape index (κ3) is 2.90. The number of benzene rings is 2. The van der Waals surface area contributed by atoms with Crippen LogP contribution < -0.4 is 4.74 Å². The Morgan fingerprint density at radius 2 is 1.67 bits per heavy atom. The standard InChI is InChI=1S/C13H8Br2F2O/c14-7-8-5-10(16)13(11(17)6-8)18-12-4-2-1-3-9(12)15/h1-6H,7H2. The summed E-state index contributed by atoms with van der Waals surface area (Å²) in [6, 6.07) is 9.35. The van der Waals surface area contributed by atoms with Crippen LogP contribution in [0.2, 0.25) is 0 Å².